The van der Waals surface area contributed by atoms with Gasteiger partial charge in [-0.15, -0.1) is 11.8 Å². The molecule has 162 valence electrons. The number of benzene rings is 2. The summed E-state index contributed by atoms with van der Waals surface area (Å²) < 4.78 is 10.4. The number of nitrogens with zero attached hydrogens (tertiary/aromatic N) is 2. The van der Waals surface area contributed by atoms with Crippen molar-refractivity contribution in [1.82, 2.24) is 0 Å². The van der Waals surface area contributed by atoms with E-state index in [9.17, 15) is 14.9 Å². The van der Waals surface area contributed by atoms with Gasteiger partial charge in [0.1, 0.15) is 5.75 Å². The van der Waals surface area contributed by atoms with Gasteiger partial charge in [-0.25, -0.2) is 4.79 Å². The van der Waals surface area contributed by atoms with Crippen molar-refractivity contribution in [3.8, 4) is 11.8 Å². The zero-order valence-electron chi connectivity index (χ0n) is 17.4. The SMILES string of the molecule is COC(=O)c1ccc(N(C)C(=O)C2=CC3C4CCOc5cc(C#N)ccc5C34S2)c(Cl)c1. The minimum Gasteiger partial charge on any atom is -0.493 e. The Balaban J connectivity index is 1.41. The number of hydrogen-bond donors (Lipinski definition) is 0. The summed E-state index contributed by atoms with van der Waals surface area (Å²) in [6.07, 6.45) is 2.97. The Kier molecular flexibility index (Phi) is 4.95. The maximum Gasteiger partial charge on any atom is 0.337 e. The summed E-state index contributed by atoms with van der Waals surface area (Å²) in [6, 6.07) is 12.5. The minimum atomic E-state index is -0.486. The normalized spacial score (nSPS) is 24.5. The molecule has 0 N–H and O–H groups in total. The Morgan fingerprint density at radius 1 is 1.31 bits per heavy atom. The second-order valence-corrected chi connectivity index (χ2v) is 9.77. The third kappa shape index (κ3) is 3.01. The number of thioether (sulfide) groups is 1. The molecule has 32 heavy (non-hydrogen) atoms. The van der Waals surface area contributed by atoms with Gasteiger partial charge in [0.25, 0.3) is 5.91 Å². The van der Waals surface area contributed by atoms with Crippen LogP contribution in [0, 0.1) is 23.2 Å². The van der Waals surface area contributed by atoms with Gasteiger partial charge in [0.2, 0.25) is 0 Å². The maximum absolute atomic E-state index is 13.3. The average molecular weight is 467 g/mol. The Labute approximate surface area is 194 Å². The van der Waals surface area contributed by atoms with E-state index in [1.54, 1.807) is 37.0 Å². The molecule has 6 nitrogen and oxygen atoms in total. The first-order valence-corrected chi connectivity index (χ1v) is 11.3. The third-order valence-electron chi connectivity index (χ3n) is 6.44. The van der Waals surface area contributed by atoms with Crippen LogP contribution < -0.4 is 9.64 Å². The molecule has 3 unspecified atom stereocenters. The highest BCUT2D eigenvalue weighted by molar-refractivity contribution is 8.05. The first kappa shape index (κ1) is 20.9. The fourth-order valence-corrected chi connectivity index (χ4v) is 6.90. The molecule has 3 atom stereocenters. The highest BCUT2D eigenvalue weighted by Crippen LogP contribution is 2.76. The lowest BCUT2D eigenvalue weighted by molar-refractivity contribution is -0.114. The van der Waals surface area contributed by atoms with Crippen LogP contribution in [-0.4, -0.2) is 32.6 Å². The molecule has 1 amide bonds. The number of anilines is 1. The highest BCUT2D eigenvalue weighted by Gasteiger charge is 2.70. The van der Waals surface area contributed by atoms with Crippen LogP contribution in [-0.2, 0) is 14.3 Å². The molecule has 3 aliphatic rings. The lowest BCUT2D eigenvalue weighted by Gasteiger charge is -2.22. The molecule has 1 saturated carbocycles. The van der Waals surface area contributed by atoms with E-state index >= 15 is 0 Å². The molecule has 1 fully saturated rings. The predicted molar refractivity (Wildman–Crippen MR) is 122 cm³/mol. The van der Waals surface area contributed by atoms with Crippen molar-refractivity contribution in [2.45, 2.75) is 11.2 Å². The van der Waals surface area contributed by atoms with Crippen LogP contribution in [0.5, 0.6) is 5.75 Å². The summed E-state index contributed by atoms with van der Waals surface area (Å²) >= 11 is 7.95. The lowest BCUT2D eigenvalue weighted by Crippen LogP contribution is -2.27. The molecule has 1 aliphatic carbocycles. The van der Waals surface area contributed by atoms with Gasteiger partial charge in [0.05, 0.1) is 51.3 Å². The standard InChI is InChI=1S/C24H19ClN2O4S/c1-27(19-6-4-14(10-18(19)25)23(29)30-2)22(28)21-11-17-15-7-8-31-20-9-13(12-26)3-5-16(20)24(15,17)32-21/h3-6,9-11,15,17H,7-8H2,1-2H3. The van der Waals surface area contributed by atoms with E-state index in [0.29, 0.717) is 39.3 Å². The van der Waals surface area contributed by atoms with E-state index in [1.165, 1.54) is 18.1 Å². The molecule has 0 aromatic heterocycles. The van der Waals surface area contributed by atoms with Crippen LogP contribution in [0.15, 0.2) is 47.4 Å². The van der Waals surface area contributed by atoms with Gasteiger partial charge in [-0.1, -0.05) is 23.7 Å². The van der Waals surface area contributed by atoms with E-state index in [1.807, 2.05) is 12.1 Å². The molecule has 0 bridgehead atoms. The topological polar surface area (TPSA) is 79.6 Å². The second kappa shape index (κ2) is 7.58. The molecule has 1 spiro atoms. The first-order chi connectivity index (χ1) is 15.4. The Bertz CT molecular complexity index is 1240. The molecule has 2 aromatic rings. The molecule has 2 heterocycles. The van der Waals surface area contributed by atoms with Crippen LogP contribution in [0.4, 0.5) is 5.69 Å². The fourth-order valence-electron chi connectivity index (χ4n) is 4.80. The molecule has 8 heteroatoms. The van der Waals surface area contributed by atoms with Gasteiger partial charge in [-0.2, -0.15) is 5.26 Å². The molecular weight excluding hydrogens is 448 g/mol. The van der Waals surface area contributed by atoms with E-state index in [0.717, 1.165) is 17.7 Å². The number of allylic oxidation sites excluding steroid dienone is 1. The molecule has 2 aliphatic heterocycles. The summed E-state index contributed by atoms with van der Waals surface area (Å²) in [5.41, 5.74) is 2.46. The second-order valence-electron chi connectivity index (χ2n) is 8.04. The van der Waals surface area contributed by atoms with Crippen molar-refractivity contribution >= 4 is 40.9 Å². The number of methoxy groups -OCH3 is 1. The first-order valence-electron chi connectivity index (χ1n) is 10.1. The molecular formula is C24H19ClN2O4S. The molecule has 0 radical (unpaired) electrons. The van der Waals surface area contributed by atoms with Gasteiger partial charge in [-0.3, -0.25) is 4.79 Å². The number of carbonyl (C=O) groups is 2. The summed E-state index contributed by atoms with van der Waals surface area (Å²) in [7, 11) is 2.98. The van der Waals surface area contributed by atoms with E-state index < -0.39 is 5.97 Å². The lowest BCUT2D eigenvalue weighted by atomic mass is 10.0. The summed E-state index contributed by atoms with van der Waals surface area (Å²) in [5, 5.41) is 9.53. The Morgan fingerprint density at radius 3 is 2.84 bits per heavy atom. The number of carbonyl (C=O) groups excluding carboxylic acids is 2. The number of esters is 1. The number of halogens is 1. The van der Waals surface area contributed by atoms with Crippen molar-refractivity contribution in [1.29, 1.82) is 5.26 Å². The van der Waals surface area contributed by atoms with Gasteiger partial charge in [0, 0.05) is 18.5 Å². The molecule has 2 aromatic carbocycles. The van der Waals surface area contributed by atoms with Crippen LogP contribution in [0.3, 0.4) is 0 Å². The number of ether oxygens (including phenoxy) is 2. The zero-order valence-corrected chi connectivity index (χ0v) is 19.0. The fraction of sp³-hybridized carbons (Fsp3) is 0.292. The third-order valence-corrected chi connectivity index (χ3v) is 8.41. The van der Waals surface area contributed by atoms with Crippen molar-refractivity contribution < 1.29 is 19.1 Å². The highest BCUT2D eigenvalue weighted by atomic mass is 35.5. The number of amides is 1. The van der Waals surface area contributed by atoms with Crippen molar-refractivity contribution in [2.75, 3.05) is 25.7 Å². The monoisotopic (exact) mass is 466 g/mol. The molecule has 5 rings (SSSR count). The number of rotatable bonds is 3. The average Bonchev–Trinajstić information content (AvgIpc) is 3.27. The van der Waals surface area contributed by atoms with Crippen LogP contribution in [0.1, 0.15) is 27.9 Å². The number of fused-ring (bicyclic) bond motifs is 2. The molecule has 0 saturated heterocycles. The van der Waals surface area contributed by atoms with Gasteiger partial charge < -0.3 is 14.4 Å². The Morgan fingerprint density at radius 2 is 2.12 bits per heavy atom. The number of likely N-dealkylation sites (N-methyl/N-ethyl adjacent to an activating group) is 1. The van der Waals surface area contributed by atoms with E-state index in [2.05, 4.69) is 12.1 Å². The summed E-state index contributed by atoms with van der Waals surface area (Å²) in [6.45, 7) is 0.602. The van der Waals surface area contributed by atoms with E-state index in [-0.39, 0.29) is 16.6 Å². The van der Waals surface area contributed by atoms with E-state index in [4.69, 9.17) is 21.1 Å². The zero-order chi connectivity index (χ0) is 22.6. The van der Waals surface area contributed by atoms with Gasteiger partial charge >= 0.3 is 5.97 Å². The van der Waals surface area contributed by atoms with Crippen molar-refractivity contribution in [3.05, 3.63) is 69.1 Å². The number of hydrogen-bond acceptors (Lipinski definition) is 6. The van der Waals surface area contributed by atoms with Crippen LogP contribution in [0.25, 0.3) is 0 Å². The quantitative estimate of drug-likeness (QED) is 0.619. The predicted octanol–water partition coefficient (Wildman–Crippen LogP) is 4.52. The van der Waals surface area contributed by atoms with Crippen molar-refractivity contribution in [2.24, 2.45) is 11.8 Å². The number of nitriles is 1. The Hall–Kier alpha value is -2.95. The van der Waals surface area contributed by atoms with Crippen LogP contribution in [0.2, 0.25) is 5.02 Å². The summed E-state index contributed by atoms with van der Waals surface area (Å²) in [5.74, 6) is 0.765. The minimum absolute atomic E-state index is 0.150. The van der Waals surface area contributed by atoms with Gasteiger partial charge in [-0.05, 0) is 42.7 Å². The van der Waals surface area contributed by atoms with Crippen LogP contribution >= 0.6 is 23.4 Å². The van der Waals surface area contributed by atoms with Gasteiger partial charge in [0.15, 0.2) is 0 Å². The summed E-state index contributed by atoms with van der Waals surface area (Å²) in [4.78, 5) is 27.2. The smallest absolute Gasteiger partial charge is 0.337 e. The van der Waals surface area contributed by atoms with Crippen molar-refractivity contribution in [3.63, 3.8) is 0 Å². The maximum atomic E-state index is 13.3. The largest absolute Gasteiger partial charge is 0.493 e.